The number of nitro groups is 1. The second-order valence-corrected chi connectivity index (χ2v) is 5.68. The van der Waals surface area contributed by atoms with Gasteiger partial charge in [0.05, 0.1) is 34.4 Å². The molecule has 1 aromatic rings. The molecule has 1 aliphatic heterocycles. The summed E-state index contributed by atoms with van der Waals surface area (Å²) < 4.78 is 10.9. The van der Waals surface area contributed by atoms with Gasteiger partial charge in [0.2, 0.25) is 0 Å². The molecule has 6 nitrogen and oxygen atoms in total. The Morgan fingerprint density at radius 2 is 2.24 bits per heavy atom. The van der Waals surface area contributed by atoms with Crippen LogP contribution in [-0.4, -0.2) is 43.9 Å². The highest BCUT2D eigenvalue weighted by atomic mass is 35.5. The van der Waals surface area contributed by atoms with Crippen molar-refractivity contribution in [1.29, 1.82) is 0 Å². The second-order valence-electron chi connectivity index (χ2n) is 5.28. The topological polar surface area (TPSA) is 64.8 Å². The SMILES string of the molecule is COCC1CN(c2cc(C)c([N+](=O)[O-])cc2Cl)CC(C)O1. The van der Waals surface area contributed by atoms with Crippen LogP contribution >= 0.6 is 11.6 Å². The molecule has 0 radical (unpaired) electrons. The number of methoxy groups -OCH3 is 1. The van der Waals surface area contributed by atoms with Gasteiger partial charge in [-0.05, 0) is 19.9 Å². The number of hydrogen-bond donors (Lipinski definition) is 0. The van der Waals surface area contributed by atoms with Gasteiger partial charge in [-0.15, -0.1) is 0 Å². The summed E-state index contributed by atoms with van der Waals surface area (Å²) in [4.78, 5) is 12.6. The summed E-state index contributed by atoms with van der Waals surface area (Å²) in [5.74, 6) is 0. The lowest BCUT2D eigenvalue weighted by molar-refractivity contribution is -0.385. The smallest absolute Gasteiger partial charge is 0.273 e. The van der Waals surface area contributed by atoms with Crippen molar-refractivity contribution in [1.82, 2.24) is 0 Å². The van der Waals surface area contributed by atoms with Gasteiger partial charge in [-0.3, -0.25) is 10.1 Å². The molecular formula is C14H19ClN2O4. The van der Waals surface area contributed by atoms with Crippen LogP contribution in [0.25, 0.3) is 0 Å². The third-order valence-corrected chi connectivity index (χ3v) is 3.78. The lowest BCUT2D eigenvalue weighted by atomic mass is 10.1. The van der Waals surface area contributed by atoms with Gasteiger partial charge < -0.3 is 14.4 Å². The summed E-state index contributed by atoms with van der Waals surface area (Å²) in [5, 5.41) is 11.3. The van der Waals surface area contributed by atoms with Gasteiger partial charge in [0.1, 0.15) is 0 Å². The van der Waals surface area contributed by atoms with E-state index < -0.39 is 4.92 Å². The number of morpholine rings is 1. The first-order chi connectivity index (χ1) is 9.92. The number of anilines is 1. The predicted octanol–water partition coefficient (Wildman–Crippen LogP) is 2.80. The highest BCUT2D eigenvalue weighted by Crippen LogP contribution is 2.34. The van der Waals surface area contributed by atoms with Crippen molar-refractivity contribution in [3.63, 3.8) is 0 Å². The third-order valence-electron chi connectivity index (χ3n) is 3.48. The molecule has 116 valence electrons. The number of halogens is 1. The molecule has 0 aliphatic carbocycles. The number of nitro benzene ring substituents is 1. The zero-order valence-corrected chi connectivity index (χ0v) is 13.1. The third kappa shape index (κ3) is 3.64. The van der Waals surface area contributed by atoms with E-state index in [9.17, 15) is 10.1 Å². The molecule has 0 bridgehead atoms. The van der Waals surface area contributed by atoms with Crippen LogP contribution in [0.1, 0.15) is 12.5 Å². The largest absolute Gasteiger partial charge is 0.382 e. The van der Waals surface area contributed by atoms with Gasteiger partial charge in [0.15, 0.2) is 0 Å². The van der Waals surface area contributed by atoms with Gasteiger partial charge in [-0.25, -0.2) is 0 Å². The molecule has 1 heterocycles. The van der Waals surface area contributed by atoms with Crippen molar-refractivity contribution >= 4 is 23.0 Å². The maximum absolute atomic E-state index is 10.9. The Kier molecular flexibility index (Phi) is 5.03. The molecule has 7 heteroatoms. The minimum Gasteiger partial charge on any atom is -0.382 e. The summed E-state index contributed by atoms with van der Waals surface area (Å²) in [6.07, 6.45) is 0.00998. The summed E-state index contributed by atoms with van der Waals surface area (Å²) in [5.41, 5.74) is 1.44. The molecule has 2 unspecified atom stereocenters. The zero-order chi connectivity index (χ0) is 15.6. The molecule has 21 heavy (non-hydrogen) atoms. The first-order valence-electron chi connectivity index (χ1n) is 6.76. The number of nitrogens with zero attached hydrogens (tertiary/aromatic N) is 2. The van der Waals surface area contributed by atoms with Crippen molar-refractivity contribution < 1.29 is 14.4 Å². The predicted molar refractivity (Wildman–Crippen MR) is 81.3 cm³/mol. The quantitative estimate of drug-likeness (QED) is 0.631. The lowest BCUT2D eigenvalue weighted by Crippen LogP contribution is -2.48. The first kappa shape index (κ1) is 16.0. The van der Waals surface area contributed by atoms with Crippen molar-refractivity contribution in [3.05, 3.63) is 32.8 Å². The van der Waals surface area contributed by atoms with Crippen molar-refractivity contribution in [3.8, 4) is 0 Å². The van der Waals surface area contributed by atoms with E-state index in [0.717, 1.165) is 5.69 Å². The molecule has 0 N–H and O–H groups in total. The van der Waals surface area contributed by atoms with E-state index in [1.165, 1.54) is 6.07 Å². The number of rotatable bonds is 4. The van der Waals surface area contributed by atoms with Crippen LogP contribution in [0.2, 0.25) is 5.02 Å². The second kappa shape index (κ2) is 6.60. The Balaban J connectivity index is 2.28. The standard InChI is InChI=1S/C14H19ClN2O4/c1-9-4-14(12(15)5-13(9)17(18)19)16-6-10(2)21-11(7-16)8-20-3/h4-5,10-11H,6-8H2,1-3H3. The fraction of sp³-hybridized carbons (Fsp3) is 0.571. The first-order valence-corrected chi connectivity index (χ1v) is 7.14. The van der Waals surface area contributed by atoms with Crippen LogP contribution in [0, 0.1) is 17.0 Å². The van der Waals surface area contributed by atoms with Gasteiger partial charge in [-0.2, -0.15) is 0 Å². The molecule has 2 rings (SSSR count). The molecule has 0 amide bonds. The molecule has 0 spiro atoms. The van der Waals surface area contributed by atoms with Crippen molar-refractivity contribution in [2.75, 3.05) is 31.7 Å². The summed E-state index contributed by atoms with van der Waals surface area (Å²) in [6, 6.07) is 3.18. The minimum absolute atomic E-state index is 0.0367. The van der Waals surface area contributed by atoms with Crippen molar-refractivity contribution in [2.24, 2.45) is 0 Å². The number of hydrogen-bond acceptors (Lipinski definition) is 5. The van der Waals surface area contributed by atoms with Gasteiger partial charge in [0, 0.05) is 31.8 Å². The van der Waals surface area contributed by atoms with Crippen LogP contribution in [0.5, 0.6) is 0 Å². The van der Waals surface area contributed by atoms with Gasteiger partial charge >= 0.3 is 0 Å². The Labute approximate surface area is 128 Å². The normalized spacial score (nSPS) is 22.4. The molecule has 1 fully saturated rings. The van der Waals surface area contributed by atoms with E-state index in [2.05, 4.69) is 4.90 Å². The highest BCUT2D eigenvalue weighted by Gasteiger charge is 2.27. The molecule has 2 atom stereocenters. The fourth-order valence-electron chi connectivity index (χ4n) is 2.61. The monoisotopic (exact) mass is 314 g/mol. The fourth-order valence-corrected chi connectivity index (χ4v) is 2.89. The lowest BCUT2D eigenvalue weighted by Gasteiger charge is -2.38. The summed E-state index contributed by atoms with van der Waals surface area (Å²) in [7, 11) is 1.63. The molecule has 1 aromatic carbocycles. The zero-order valence-electron chi connectivity index (χ0n) is 12.3. The Bertz CT molecular complexity index is 538. The average Bonchev–Trinajstić information content (AvgIpc) is 2.40. The maximum Gasteiger partial charge on any atom is 0.273 e. The van der Waals surface area contributed by atoms with Crippen molar-refractivity contribution in [2.45, 2.75) is 26.1 Å². The highest BCUT2D eigenvalue weighted by molar-refractivity contribution is 6.33. The number of ether oxygens (including phenoxy) is 2. The van der Waals surface area contributed by atoms with Crippen LogP contribution in [0.15, 0.2) is 12.1 Å². The molecule has 0 saturated carbocycles. The van der Waals surface area contributed by atoms with E-state index in [-0.39, 0.29) is 17.9 Å². The van der Waals surface area contributed by atoms with Crippen LogP contribution in [0.3, 0.4) is 0 Å². The van der Waals surface area contributed by atoms with Crippen LogP contribution in [-0.2, 0) is 9.47 Å². The molecular weight excluding hydrogens is 296 g/mol. The van der Waals surface area contributed by atoms with E-state index in [4.69, 9.17) is 21.1 Å². The summed E-state index contributed by atoms with van der Waals surface area (Å²) >= 11 is 6.23. The average molecular weight is 315 g/mol. The Morgan fingerprint density at radius 1 is 1.52 bits per heavy atom. The number of benzene rings is 1. The van der Waals surface area contributed by atoms with E-state index >= 15 is 0 Å². The van der Waals surface area contributed by atoms with E-state index in [0.29, 0.717) is 30.3 Å². The Hall–Kier alpha value is -1.37. The molecule has 1 aliphatic rings. The Morgan fingerprint density at radius 3 is 2.86 bits per heavy atom. The van der Waals surface area contributed by atoms with Crippen LogP contribution < -0.4 is 4.90 Å². The van der Waals surface area contributed by atoms with Gasteiger partial charge in [-0.1, -0.05) is 11.6 Å². The maximum atomic E-state index is 10.9. The van der Waals surface area contributed by atoms with Gasteiger partial charge in [0.25, 0.3) is 5.69 Å². The van der Waals surface area contributed by atoms with E-state index in [1.807, 2.05) is 6.92 Å². The molecule has 0 aromatic heterocycles. The van der Waals surface area contributed by atoms with E-state index in [1.54, 1.807) is 20.1 Å². The molecule has 1 saturated heterocycles. The minimum atomic E-state index is -0.416. The summed E-state index contributed by atoms with van der Waals surface area (Å²) in [6.45, 7) is 5.55. The number of aryl methyl sites for hydroxylation is 1. The van der Waals surface area contributed by atoms with Crippen LogP contribution in [0.4, 0.5) is 11.4 Å².